The summed E-state index contributed by atoms with van der Waals surface area (Å²) in [6.45, 7) is 5.29. The molecule has 0 aliphatic carbocycles. The first-order chi connectivity index (χ1) is 13.2. The van der Waals surface area contributed by atoms with Gasteiger partial charge < -0.3 is 24.4 Å². The molecule has 140 valence electrons. The molecule has 0 spiro atoms. The number of rotatable bonds is 5. The first-order valence-electron chi connectivity index (χ1n) is 8.89. The van der Waals surface area contributed by atoms with E-state index in [1.807, 2.05) is 37.3 Å². The number of hydrogen-bond acceptors (Lipinski definition) is 8. The summed E-state index contributed by atoms with van der Waals surface area (Å²) < 4.78 is 10.6. The van der Waals surface area contributed by atoms with Crippen molar-refractivity contribution in [2.45, 2.75) is 6.92 Å². The zero-order valence-electron chi connectivity index (χ0n) is 15.4. The second-order valence-electron chi connectivity index (χ2n) is 6.34. The van der Waals surface area contributed by atoms with Crippen molar-refractivity contribution in [3.8, 4) is 5.75 Å². The van der Waals surface area contributed by atoms with Gasteiger partial charge in [-0.2, -0.15) is 4.98 Å². The summed E-state index contributed by atoms with van der Waals surface area (Å²) in [6.07, 6.45) is 1.75. The van der Waals surface area contributed by atoms with Crippen LogP contribution < -0.4 is 19.9 Å². The number of anilines is 4. The van der Waals surface area contributed by atoms with Gasteiger partial charge in [0.05, 0.1) is 12.8 Å². The third-order valence-electron chi connectivity index (χ3n) is 4.52. The molecule has 3 heterocycles. The Bertz CT molecular complexity index is 904. The lowest BCUT2D eigenvalue weighted by Crippen LogP contribution is -2.47. The zero-order chi connectivity index (χ0) is 18.6. The normalized spacial score (nSPS) is 14.3. The molecule has 0 bridgehead atoms. The molecule has 8 heteroatoms. The van der Waals surface area contributed by atoms with E-state index in [0.717, 1.165) is 43.4 Å². The Hall–Kier alpha value is -3.29. The molecular formula is C19H22N6O2. The highest BCUT2D eigenvalue weighted by atomic mass is 16.5. The van der Waals surface area contributed by atoms with Crippen molar-refractivity contribution in [3.63, 3.8) is 0 Å². The number of benzene rings is 1. The summed E-state index contributed by atoms with van der Waals surface area (Å²) in [7, 11) is 1.71. The van der Waals surface area contributed by atoms with Gasteiger partial charge in [0, 0.05) is 38.4 Å². The molecule has 2 aromatic heterocycles. The van der Waals surface area contributed by atoms with Crippen molar-refractivity contribution in [2.24, 2.45) is 0 Å². The smallest absolute Gasteiger partial charge is 0.227 e. The quantitative estimate of drug-likeness (QED) is 0.738. The minimum atomic E-state index is 0.637. The standard InChI is InChI=1S/C19H22N6O2/c1-14-13-18(23-27-14)21-17-7-8-20-19(22-17)25-11-9-24(10-12-25)15-5-3-4-6-16(15)26-2/h3-8,13H,9-12H2,1-2H3,(H,20,21,22,23). The number of aryl methyl sites for hydroxylation is 1. The van der Waals surface area contributed by atoms with Gasteiger partial charge in [-0.25, -0.2) is 4.98 Å². The van der Waals surface area contributed by atoms with E-state index in [9.17, 15) is 0 Å². The Balaban J connectivity index is 1.43. The lowest BCUT2D eigenvalue weighted by atomic mass is 10.2. The van der Waals surface area contributed by atoms with Gasteiger partial charge in [-0.05, 0) is 25.1 Å². The molecule has 1 aliphatic rings. The molecule has 0 amide bonds. The van der Waals surface area contributed by atoms with Crippen LogP contribution in [0, 0.1) is 6.92 Å². The van der Waals surface area contributed by atoms with Gasteiger partial charge in [0.25, 0.3) is 0 Å². The fourth-order valence-electron chi connectivity index (χ4n) is 3.17. The zero-order valence-corrected chi connectivity index (χ0v) is 15.4. The molecule has 0 atom stereocenters. The number of piperazine rings is 1. The summed E-state index contributed by atoms with van der Waals surface area (Å²) in [5.74, 6) is 3.69. The van der Waals surface area contributed by atoms with Crippen LogP contribution in [-0.4, -0.2) is 48.4 Å². The van der Waals surface area contributed by atoms with Crippen LogP contribution in [0.25, 0.3) is 0 Å². The maximum Gasteiger partial charge on any atom is 0.227 e. The van der Waals surface area contributed by atoms with Crippen molar-refractivity contribution in [1.29, 1.82) is 0 Å². The maximum atomic E-state index is 5.48. The fourth-order valence-corrected chi connectivity index (χ4v) is 3.17. The van der Waals surface area contributed by atoms with E-state index < -0.39 is 0 Å². The number of methoxy groups -OCH3 is 1. The highest BCUT2D eigenvalue weighted by Gasteiger charge is 2.21. The van der Waals surface area contributed by atoms with E-state index in [-0.39, 0.29) is 0 Å². The van der Waals surface area contributed by atoms with Crippen LogP contribution >= 0.6 is 0 Å². The van der Waals surface area contributed by atoms with Crippen molar-refractivity contribution >= 4 is 23.3 Å². The Morgan fingerprint density at radius 2 is 1.81 bits per heavy atom. The van der Waals surface area contributed by atoms with E-state index in [0.29, 0.717) is 17.6 Å². The van der Waals surface area contributed by atoms with Crippen molar-refractivity contribution in [3.05, 3.63) is 48.4 Å². The number of para-hydroxylation sites is 2. The second-order valence-corrected chi connectivity index (χ2v) is 6.34. The van der Waals surface area contributed by atoms with Crippen LogP contribution in [0.1, 0.15) is 5.76 Å². The van der Waals surface area contributed by atoms with Crippen molar-refractivity contribution in [2.75, 3.05) is 48.4 Å². The molecule has 1 N–H and O–H groups in total. The fraction of sp³-hybridized carbons (Fsp3) is 0.316. The SMILES string of the molecule is COc1ccccc1N1CCN(c2nccc(Nc3cc(C)on3)n2)CC1. The first-order valence-corrected chi connectivity index (χ1v) is 8.89. The number of aromatic nitrogens is 3. The van der Waals surface area contributed by atoms with E-state index in [4.69, 9.17) is 9.26 Å². The molecule has 1 saturated heterocycles. The van der Waals surface area contributed by atoms with Gasteiger partial charge in [-0.1, -0.05) is 17.3 Å². The number of nitrogens with zero attached hydrogens (tertiary/aromatic N) is 5. The Morgan fingerprint density at radius 1 is 1.04 bits per heavy atom. The van der Waals surface area contributed by atoms with Crippen molar-refractivity contribution < 1.29 is 9.26 Å². The average Bonchev–Trinajstić information content (AvgIpc) is 3.13. The Labute approximate surface area is 157 Å². The van der Waals surface area contributed by atoms with Crippen molar-refractivity contribution in [1.82, 2.24) is 15.1 Å². The van der Waals surface area contributed by atoms with Gasteiger partial charge in [-0.15, -0.1) is 0 Å². The monoisotopic (exact) mass is 366 g/mol. The molecule has 1 aromatic carbocycles. The maximum absolute atomic E-state index is 5.48. The molecule has 0 radical (unpaired) electrons. The molecule has 8 nitrogen and oxygen atoms in total. The number of hydrogen-bond donors (Lipinski definition) is 1. The van der Waals surface area contributed by atoms with Crippen LogP contribution in [0.3, 0.4) is 0 Å². The summed E-state index contributed by atoms with van der Waals surface area (Å²) >= 11 is 0. The average molecular weight is 366 g/mol. The molecule has 1 aliphatic heterocycles. The van der Waals surface area contributed by atoms with Crippen LogP contribution in [0.5, 0.6) is 5.75 Å². The van der Waals surface area contributed by atoms with Crippen LogP contribution in [0.15, 0.2) is 47.1 Å². The third-order valence-corrected chi connectivity index (χ3v) is 4.52. The minimum absolute atomic E-state index is 0.637. The highest BCUT2D eigenvalue weighted by molar-refractivity contribution is 5.59. The first kappa shape index (κ1) is 17.1. The Kier molecular flexibility index (Phi) is 4.78. The Morgan fingerprint density at radius 3 is 2.56 bits per heavy atom. The summed E-state index contributed by atoms with van der Waals surface area (Å²) in [4.78, 5) is 13.6. The van der Waals surface area contributed by atoms with Crippen LogP contribution in [-0.2, 0) is 0 Å². The van der Waals surface area contributed by atoms with E-state index in [1.165, 1.54) is 0 Å². The van der Waals surface area contributed by atoms with Crippen LogP contribution in [0.4, 0.5) is 23.3 Å². The van der Waals surface area contributed by atoms with Gasteiger partial charge in [0.15, 0.2) is 5.82 Å². The van der Waals surface area contributed by atoms with E-state index >= 15 is 0 Å². The van der Waals surface area contributed by atoms with Gasteiger partial charge in [0.2, 0.25) is 5.95 Å². The predicted molar refractivity (Wildman–Crippen MR) is 104 cm³/mol. The second kappa shape index (κ2) is 7.53. The largest absolute Gasteiger partial charge is 0.495 e. The lowest BCUT2D eigenvalue weighted by molar-refractivity contribution is 0.400. The number of ether oxygens (including phenoxy) is 1. The summed E-state index contributed by atoms with van der Waals surface area (Å²) in [6, 6.07) is 11.8. The molecule has 0 saturated carbocycles. The molecule has 3 aromatic rings. The molecule has 27 heavy (non-hydrogen) atoms. The molecular weight excluding hydrogens is 344 g/mol. The minimum Gasteiger partial charge on any atom is -0.495 e. The third kappa shape index (κ3) is 3.79. The molecule has 1 fully saturated rings. The van der Waals surface area contributed by atoms with Gasteiger partial charge in [-0.3, -0.25) is 0 Å². The van der Waals surface area contributed by atoms with Gasteiger partial charge in [0.1, 0.15) is 17.3 Å². The number of nitrogens with one attached hydrogen (secondary N) is 1. The topological polar surface area (TPSA) is 79.5 Å². The van der Waals surface area contributed by atoms with E-state index in [1.54, 1.807) is 13.3 Å². The molecule has 4 rings (SSSR count). The van der Waals surface area contributed by atoms with E-state index in [2.05, 4.69) is 36.3 Å². The van der Waals surface area contributed by atoms with Crippen LogP contribution in [0.2, 0.25) is 0 Å². The predicted octanol–water partition coefficient (Wildman–Crippen LogP) is 2.85. The summed E-state index contributed by atoms with van der Waals surface area (Å²) in [5, 5.41) is 7.08. The molecule has 0 unspecified atom stereocenters. The van der Waals surface area contributed by atoms with Gasteiger partial charge >= 0.3 is 0 Å². The summed E-state index contributed by atoms with van der Waals surface area (Å²) in [5.41, 5.74) is 1.12. The highest BCUT2D eigenvalue weighted by Crippen LogP contribution is 2.29. The lowest BCUT2D eigenvalue weighted by Gasteiger charge is -2.36.